The second kappa shape index (κ2) is 5.58. The molecule has 0 amide bonds. The van der Waals surface area contributed by atoms with E-state index in [9.17, 15) is 0 Å². The lowest BCUT2D eigenvalue weighted by atomic mass is 9.80. The predicted molar refractivity (Wildman–Crippen MR) is 56.4 cm³/mol. The molecule has 0 spiro atoms. The average molecular weight is 171 g/mol. The number of hydrogen-bond acceptors (Lipinski definition) is 1. The van der Waals surface area contributed by atoms with Crippen molar-refractivity contribution in [1.82, 2.24) is 5.32 Å². The van der Waals surface area contributed by atoms with Crippen LogP contribution in [-0.4, -0.2) is 13.6 Å². The zero-order valence-electron chi connectivity index (χ0n) is 9.41. The predicted octanol–water partition coefficient (Wildman–Crippen LogP) is 3.06. The Morgan fingerprint density at radius 3 is 2.25 bits per heavy atom. The van der Waals surface area contributed by atoms with Crippen LogP contribution in [0.25, 0.3) is 0 Å². The Labute approximate surface area is 77.9 Å². The minimum atomic E-state index is 0.533. The molecule has 0 aromatic heterocycles. The van der Waals surface area contributed by atoms with E-state index in [1.54, 1.807) is 0 Å². The molecule has 1 N–H and O–H groups in total. The maximum atomic E-state index is 3.19. The molecule has 0 aliphatic carbocycles. The monoisotopic (exact) mass is 171 g/mol. The summed E-state index contributed by atoms with van der Waals surface area (Å²) < 4.78 is 0. The fourth-order valence-electron chi connectivity index (χ4n) is 1.95. The molecule has 0 unspecified atom stereocenters. The molecule has 1 heteroatoms. The first kappa shape index (κ1) is 12.0. The van der Waals surface area contributed by atoms with Crippen molar-refractivity contribution in [2.24, 2.45) is 11.3 Å². The normalized spacial score (nSPS) is 12.5. The molecule has 74 valence electrons. The molecule has 0 heterocycles. The van der Waals surface area contributed by atoms with Crippen molar-refractivity contribution in [2.75, 3.05) is 13.6 Å². The number of hydrogen-bond donors (Lipinski definition) is 1. The summed E-state index contributed by atoms with van der Waals surface area (Å²) in [5, 5.41) is 3.19. The zero-order chi connectivity index (χ0) is 9.61. The van der Waals surface area contributed by atoms with Gasteiger partial charge in [0.1, 0.15) is 0 Å². The molecule has 0 aliphatic rings. The third-order valence-corrected chi connectivity index (χ3v) is 2.24. The summed E-state index contributed by atoms with van der Waals surface area (Å²) in [6.07, 6.45) is 3.99. The van der Waals surface area contributed by atoms with Crippen LogP contribution in [0.5, 0.6) is 0 Å². The van der Waals surface area contributed by atoms with Gasteiger partial charge >= 0.3 is 0 Å². The number of rotatable bonds is 6. The van der Waals surface area contributed by atoms with Crippen molar-refractivity contribution >= 4 is 0 Å². The first-order valence-corrected chi connectivity index (χ1v) is 5.12. The van der Waals surface area contributed by atoms with Crippen LogP contribution in [0.2, 0.25) is 0 Å². The Bertz CT molecular complexity index is 106. The van der Waals surface area contributed by atoms with Gasteiger partial charge in [-0.15, -0.1) is 0 Å². The van der Waals surface area contributed by atoms with Crippen molar-refractivity contribution in [3.05, 3.63) is 0 Å². The molecule has 0 rings (SSSR count). The molecule has 0 bridgehead atoms. The Hall–Kier alpha value is -0.0400. The highest BCUT2D eigenvalue weighted by Crippen LogP contribution is 2.29. The molecule has 0 aromatic rings. The second-order valence-electron chi connectivity index (χ2n) is 4.97. The first-order valence-electron chi connectivity index (χ1n) is 5.12. The van der Waals surface area contributed by atoms with Gasteiger partial charge in [-0.2, -0.15) is 0 Å². The van der Waals surface area contributed by atoms with Crippen LogP contribution in [0.3, 0.4) is 0 Å². The molecule has 0 saturated heterocycles. The van der Waals surface area contributed by atoms with Gasteiger partial charge in [0.25, 0.3) is 0 Å². The zero-order valence-corrected chi connectivity index (χ0v) is 9.41. The number of nitrogens with one attached hydrogen (secondary N) is 1. The highest BCUT2D eigenvalue weighted by Gasteiger charge is 2.18. The van der Waals surface area contributed by atoms with Gasteiger partial charge in [0.15, 0.2) is 0 Å². The van der Waals surface area contributed by atoms with E-state index in [4.69, 9.17) is 0 Å². The standard InChI is InChI=1S/C11H25N/c1-10(2)9-11(3,4)7-6-8-12-5/h10,12H,6-9H2,1-5H3. The van der Waals surface area contributed by atoms with Crippen molar-refractivity contribution in [1.29, 1.82) is 0 Å². The molecule has 0 radical (unpaired) electrons. The van der Waals surface area contributed by atoms with Crippen LogP contribution in [-0.2, 0) is 0 Å². The largest absolute Gasteiger partial charge is 0.320 e. The van der Waals surface area contributed by atoms with E-state index in [2.05, 4.69) is 33.0 Å². The molecule has 0 fully saturated rings. The molecular weight excluding hydrogens is 146 g/mol. The highest BCUT2D eigenvalue weighted by molar-refractivity contribution is 4.70. The molecule has 0 atom stereocenters. The van der Waals surface area contributed by atoms with Crippen LogP contribution in [0.15, 0.2) is 0 Å². The Balaban J connectivity index is 3.56. The molecule has 0 aliphatic heterocycles. The van der Waals surface area contributed by atoms with Crippen LogP contribution < -0.4 is 5.32 Å². The van der Waals surface area contributed by atoms with Crippen LogP contribution >= 0.6 is 0 Å². The lowest BCUT2D eigenvalue weighted by molar-refractivity contribution is 0.259. The van der Waals surface area contributed by atoms with E-state index in [-0.39, 0.29) is 0 Å². The van der Waals surface area contributed by atoms with Gasteiger partial charge < -0.3 is 5.32 Å². The Morgan fingerprint density at radius 1 is 1.25 bits per heavy atom. The van der Waals surface area contributed by atoms with E-state index in [0.29, 0.717) is 5.41 Å². The first-order chi connectivity index (χ1) is 5.48. The second-order valence-corrected chi connectivity index (χ2v) is 4.97. The molecule has 1 nitrogen and oxygen atoms in total. The van der Waals surface area contributed by atoms with Crippen molar-refractivity contribution in [2.45, 2.75) is 47.0 Å². The van der Waals surface area contributed by atoms with Gasteiger partial charge in [0, 0.05) is 0 Å². The quantitative estimate of drug-likeness (QED) is 0.606. The van der Waals surface area contributed by atoms with Gasteiger partial charge in [-0.3, -0.25) is 0 Å². The summed E-state index contributed by atoms with van der Waals surface area (Å²) in [4.78, 5) is 0. The van der Waals surface area contributed by atoms with Crippen molar-refractivity contribution in [3.63, 3.8) is 0 Å². The maximum Gasteiger partial charge on any atom is -0.00517 e. The highest BCUT2D eigenvalue weighted by atomic mass is 14.8. The SMILES string of the molecule is CNCCCC(C)(C)CC(C)C. The third-order valence-electron chi connectivity index (χ3n) is 2.24. The van der Waals surface area contributed by atoms with Gasteiger partial charge in [-0.1, -0.05) is 27.7 Å². The maximum absolute atomic E-state index is 3.19. The third kappa shape index (κ3) is 6.66. The minimum absolute atomic E-state index is 0.533. The smallest absolute Gasteiger partial charge is 0.00517 e. The summed E-state index contributed by atoms with van der Waals surface area (Å²) >= 11 is 0. The molecular formula is C11H25N. The van der Waals surface area contributed by atoms with Gasteiger partial charge in [0.2, 0.25) is 0 Å². The fourth-order valence-corrected chi connectivity index (χ4v) is 1.95. The lowest BCUT2D eigenvalue weighted by Gasteiger charge is -2.26. The van der Waals surface area contributed by atoms with E-state index < -0.39 is 0 Å². The van der Waals surface area contributed by atoms with E-state index >= 15 is 0 Å². The Morgan fingerprint density at radius 2 is 1.83 bits per heavy atom. The van der Waals surface area contributed by atoms with Crippen LogP contribution in [0, 0.1) is 11.3 Å². The van der Waals surface area contributed by atoms with E-state index in [1.807, 2.05) is 7.05 Å². The molecule has 0 aromatic carbocycles. The van der Waals surface area contributed by atoms with Crippen molar-refractivity contribution in [3.8, 4) is 0 Å². The summed E-state index contributed by atoms with van der Waals surface area (Å²) in [7, 11) is 2.02. The lowest BCUT2D eigenvalue weighted by Crippen LogP contribution is -2.17. The summed E-state index contributed by atoms with van der Waals surface area (Å²) in [6.45, 7) is 10.5. The van der Waals surface area contributed by atoms with Gasteiger partial charge in [-0.25, -0.2) is 0 Å². The summed E-state index contributed by atoms with van der Waals surface area (Å²) in [5.74, 6) is 0.828. The van der Waals surface area contributed by atoms with Gasteiger partial charge in [0.05, 0.1) is 0 Å². The summed E-state index contributed by atoms with van der Waals surface area (Å²) in [6, 6.07) is 0. The van der Waals surface area contributed by atoms with Crippen molar-refractivity contribution < 1.29 is 0 Å². The average Bonchev–Trinajstić information content (AvgIpc) is 1.84. The topological polar surface area (TPSA) is 12.0 Å². The Kier molecular flexibility index (Phi) is 5.56. The van der Waals surface area contributed by atoms with E-state index in [1.165, 1.54) is 19.3 Å². The van der Waals surface area contributed by atoms with E-state index in [0.717, 1.165) is 12.5 Å². The molecule has 12 heavy (non-hydrogen) atoms. The van der Waals surface area contributed by atoms with Crippen LogP contribution in [0.4, 0.5) is 0 Å². The fraction of sp³-hybridized carbons (Fsp3) is 1.00. The molecule has 0 saturated carbocycles. The van der Waals surface area contributed by atoms with Gasteiger partial charge in [-0.05, 0) is 44.2 Å². The van der Waals surface area contributed by atoms with Crippen LogP contribution in [0.1, 0.15) is 47.0 Å². The summed E-state index contributed by atoms with van der Waals surface area (Å²) in [5.41, 5.74) is 0.533. The minimum Gasteiger partial charge on any atom is -0.320 e.